The van der Waals surface area contributed by atoms with Crippen molar-refractivity contribution in [2.45, 2.75) is 169 Å². The predicted molar refractivity (Wildman–Crippen MR) is 198 cm³/mol. The summed E-state index contributed by atoms with van der Waals surface area (Å²) in [6.07, 6.45) is 20.0. The summed E-state index contributed by atoms with van der Waals surface area (Å²) in [6.45, 7) is 13.6. The Morgan fingerprint density at radius 2 is 1.20 bits per heavy atom. The molecule has 0 bridgehead atoms. The zero-order valence-corrected chi connectivity index (χ0v) is 32.7. The lowest BCUT2D eigenvalue weighted by Crippen LogP contribution is -2.51. The molecule has 5 rings (SSSR count). The van der Waals surface area contributed by atoms with Crippen LogP contribution in [0.3, 0.4) is 0 Å². The highest BCUT2D eigenvalue weighted by atomic mass is 16.2. The molecule has 4 aliphatic carbocycles. The Labute approximate surface area is 299 Å². The van der Waals surface area contributed by atoms with Gasteiger partial charge in [-0.05, 0) is 152 Å². The quantitative estimate of drug-likeness (QED) is 0.174. The number of rotatable bonds is 11. The highest BCUT2D eigenvalue weighted by molar-refractivity contribution is 6.05. The van der Waals surface area contributed by atoms with Gasteiger partial charge in [0.05, 0.1) is 11.8 Å². The van der Waals surface area contributed by atoms with Crippen molar-refractivity contribution < 1.29 is 19.2 Å². The van der Waals surface area contributed by atoms with Gasteiger partial charge in [-0.15, -0.1) is 0 Å². The van der Waals surface area contributed by atoms with E-state index >= 15 is 0 Å². The van der Waals surface area contributed by atoms with Gasteiger partial charge in [-0.3, -0.25) is 19.3 Å². The third-order valence-electron chi connectivity index (χ3n) is 15.9. The first-order valence-electron chi connectivity index (χ1n) is 20.6. The molecule has 0 aromatic carbocycles. The van der Waals surface area contributed by atoms with Crippen molar-refractivity contribution in [3.8, 4) is 0 Å². The van der Waals surface area contributed by atoms with E-state index in [0.717, 1.165) is 101 Å². The Morgan fingerprint density at radius 1 is 0.714 bits per heavy atom. The van der Waals surface area contributed by atoms with Gasteiger partial charge in [-0.2, -0.15) is 0 Å². The molecule has 1 aliphatic heterocycles. The topological polar surface area (TPSA) is 101 Å². The second-order valence-electron chi connectivity index (χ2n) is 17.5. The van der Waals surface area contributed by atoms with Crippen LogP contribution < -0.4 is 5.73 Å². The average molecular weight is 684 g/mol. The zero-order chi connectivity index (χ0) is 36.1. The van der Waals surface area contributed by atoms with Crippen molar-refractivity contribution in [1.29, 1.82) is 0 Å². The monoisotopic (exact) mass is 684 g/mol. The van der Waals surface area contributed by atoms with Crippen LogP contribution in [0, 0.1) is 58.7 Å². The standard InChI is InChI=1S/C41H68N2O4.CH5N/c1-8-40(5,9-2)32-18-12-27(13-19-32)28-14-20-33(21-15-28)43-38(46)35-23-17-30(25-36(35)39(43)47)29-16-22-34(31(24-29)26-44)37(45)42(7)41(6,10-3)11-4;1-2/h26-36H,8-25H2,1-7H3;2H2,1H3. The number of likely N-dealkylation sites (tertiary alicyclic amines) is 1. The molecule has 6 atom stereocenters. The molecule has 1 saturated heterocycles. The molecule has 7 nitrogen and oxygen atoms in total. The molecule has 1 heterocycles. The maximum Gasteiger partial charge on any atom is 0.233 e. The van der Waals surface area contributed by atoms with Crippen molar-refractivity contribution in [3.63, 3.8) is 0 Å². The lowest BCUT2D eigenvalue weighted by molar-refractivity contribution is -0.145. The molecule has 0 aromatic rings. The molecule has 4 saturated carbocycles. The molecule has 6 unspecified atom stereocenters. The molecule has 5 fully saturated rings. The minimum Gasteiger partial charge on any atom is -0.340 e. The third-order valence-corrected chi connectivity index (χ3v) is 15.9. The average Bonchev–Trinajstić information content (AvgIpc) is 3.42. The fourth-order valence-electron chi connectivity index (χ4n) is 11.3. The zero-order valence-electron chi connectivity index (χ0n) is 32.7. The van der Waals surface area contributed by atoms with Gasteiger partial charge in [0.1, 0.15) is 6.29 Å². The molecule has 0 spiro atoms. The van der Waals surface area contributed by atoms with Crippen LogP contribution in [0.1, 0.15) is 157 Å². The molecular weight excluding hydrogens is 610 g/mol. The number of hydrogen-bond acceptors (Lipinski definition) is 5. The Bertz CT molecular complexity index is 1110. The van der Waals surface area contributed by atoms with Crippen LogP contribution in [0.5, 0.6) is 0 Å². The molecule has 2 N–H and O–H groups in total. The van der Waals surface area contributed by atoms with Crippen LogP contribution in [-0.2, 0) is 19.2 Å². The van der Waals surface area contributed by atoms with Crippen molar-refractivity contribution in [2.24, 2.45) is 64.4 Å². The number of amides is 3. The van der Waals surface area contributed by atoms with Crippen LogP contribution in [0.15, 0.2) is 0 Å². The predicted octanol–water partition coefficient (Wildman–Crippen LogP) is 8.42. The second kappa shape index (κ2) is 17.2. The number of hydrogen-bond donors (Lipinski definition) is 1. The second-order valence-corrected chi connectivity index (χ2v) is 17.5. The molecule has 280 valence electrons. The van der Waals surface area contributed by atoms with E-state index in [4.69, 9.17) is 0 Å². The van der Waals surface area contributed by atoms with Gasteiger partial charge in [0.2, 0.25) is 17.7 Å². The van der Waals surface area contributed by atoms with Gasteiger partial charge < -0.3 is 15.4 Å². The summed E-state index contributed by atoms with van der Waals surface area (Å²) in [5.41, 5.74) is 4.80. The molecule has 0 aromatic heterocycles. The Hall–Kier alpha value is -1.76. The number of aldehydes is 1. The van der Waals surface area contributed by atoms with Gasteiger partial charge in [0.25, 0.3) is 0 Å². The number of imide groups is 1. The molecular formula is C42H73N3O4. The lowest BCUT2D eigenvalue weighted by Gasteiger charge is -2.44. The number of nitrogens with two attached hydrogens (primary N) is 1. The van der Waals surface area contributed by atoms with E-state index in [-0.39, 0.29) is 53.0 Å². The van der Waals surface area contributed by atoms with E-state index < -0.39 is 0 Å². The van der Waals surface area contributed by atoms with Crippen LogP contribution in [-0.4, -0.2) is 59.5 Å². The van der Waals surface area contributed by atoms with Gasteiger partial charge in [-0.25, -0.2) is 0 Å². The van der Waals surface area contributed by atoms with E-state index in [1.165, 1.54) is 45.6 Å². The summed E-state index contributed by atoms with van der Waals surface area (Å²) < 4.78 is 0. The van der Waals surface area contributed by atoms with E-state index in [9.17, 15) is 19.2 Å². The molecule has 0 radical (unpaired) electrons. The summed E-state index contributed by atoms with van der Waals surface area (Å²) in [7, 11) is 3.41. The summed E-state index contributed by atoms with van der Waals surface area (Å²) in [5, 5.41) is 0. The summed E-state index contributed by atoms with van der Waals surface area (Å²) >= 11 is 0. The number of nitrogens with zero attached hydrogens (tertiary/aromatic N) is 2. The van der Waals surface area contributed by atoms with Crippen LogP contribution >= 0.6 is 0 Å². The van der Waals surface area contributed by atoms with E-state index in [2.05, 4.69) is 47.3 Å². The Kier molecular flexibility index (Phi) is 14.0. The van der Waals surface area contributed by atoms with Crippen LogP contribution in [0.4, 0.5) is 0 Å². The van der Waals surface area contributed by atoms with Gasteiger partial charge in [0.15, 0.2) is 0 Å². The largest absolute Gasteiger partial charge is 0.340 e. The minimum atomic E-state index is -0.259. The van der Waals surface area contributed by atoms with Gasteiger partial charge in [-0.1, -0.05) is 47.5 Å². The van der Waals surface area contributed by atoms with Crippen molar-refractivity contribution in [2.75, 3.05) is 14.1 Å². The summed E-state index contributed by atoms with van der Waals surface area (Å²) in [6, 6.07) is 0.0879. The molecule has 7 heteroatoms. The highest BCUT2D eigenvalue weighted by Gasteiger charge is 2.54. The highest BCUT2D eigenvalue weighted by Crippen LogP contribution is 2.51. The van der Waals surface area contributed by atoms with E-state index in [1.807, 2.05) is 11.9 Å². The third kappa shape index (κ3) is 8.02. The number of carbonyl (C=O) groups excluding carboxylic acids is 4. The fourth-order valence-corrected chi connectivity index (χ4v) is 11.3. The number of carbonyl (C=O) groups is 4. The fraction of sp³-hybridized carbons (Fsp3) is 0.905. The first-order valence-corrected chi connectivity index (χ1v) is 20.6. The van der Waals surface area contributed by atoms with E-state index in [1.54, 1.807) is 4.90 Å². The normalized spacial score (nSPS) is 35.7. The Morgan fingerprint density at radius 3 is 1.73 bits per heavy atom. The summed E-state index contributed by atoms with van der Waals surface area (Å²) in [4.78, 5) is 57.2. The maximum atomic E-state index is 13.9. The van der Waals surface area contributed by atoms with Crippen LogP contribution in [0.2, 0.25) is 0 Å². The van der Waals surface area contributed by atoms with Crippen LogP contribution in [0.25, 0.3) is 0 Å². The SMILES string of the molecule is CCC(C)(CC)C1CCC(C2CCC(N3C(=O)C4CCC(C5CCC(C(=O)N(C)C(C)(CC)CC)C(C=O)C5)CC4C3=O)CC2)CC1.CN. The lowest BCUT2D eigenvalue weighted by atomic mass is 9.62. The van der Waals surface area contributed by atoms with Crippen molar-refractivity contribution in [3.05, 3.63) is 0 Å². The first-order chi connectivity index (χ1) is 23.4. The molecule has 5 aliphatic rings. The Balaban J connectivity index is 0.00000265. The minimum absolute atomic E-state index is 0.0879. The number of fused-ring (bicyclic) bond motifs is 1. The summed E-state index contributed by atoms with van der Waals surface area (Å²) in [5.74, 6) is 2.63. The van der Waals surface area contributed by atoms with Gasteiger partial charge in [0, 0.05) is 30.5 Å². The van der Waals surface area contributed by atoms with Gasteiger partial charge >= 0.3 is 0 Å². The maximum absolute atomic E-state index is 13.9. The van der Waals surface area contributed by atoms with Crippen molar-refractivity contribution >= 4 is 24.0 Å². The van der Waals surface area contributed by atoms with Crippen molar-refractivity contribution in [1.82, 2.24) is 9.80 Å². The molecule has 3 amide bonds. The smallest absolute Gasteiger partial charge is 0.233 e. The molecule has 49 heavy (non-hydrogen) atoms. The van der Waals surface area contributed by atoms with E-state index in [0.29, 0.717) is 17.3 Å². The first kappa shape index (κ1) is 40.0.